The van der Waals surface area contributed by atoms with Crippen LogP contribution in [0.4, 0.5) is 4.79 Å². The maximum Gasteiger partial charge on any atom is 0.410 e. The molecular weight excluding hydrogens is 402 g/mol. The van der Waals surface area contributed by atoms with Crippen LogP contribution in [-0.2, 0) is 9.53 Å². The van der Waals surface area contributed by atoms with Gasteiger partial charge >= 0.3 is 6.09 Å². The van der Waals surface area contributed by atoms with Crippen molar-refractivity contribution in [2.24, 2.45) is 5.92 Å². The van der Waals surface area contributed by atoms with Gasteiger partial charge in [-0.05, 0) is 38.3 Å². The Balaban J connectivity index is 1.41. The van der Waals surface area contributed by atoms with Crippen LogP contribution in [0.5, 0.6) is 0 Å². The van der Waals surface area contributed by atoms with Gasteiger partial charge in [0, 0.05) is 32.2 Å². The molecule has 0 aliphatic carbocycles. The first kappa shape index (κ1) is 22.3. The molecule has 0 saturated carbocycles. The van der Waals surface area contributed by atoms with E-state index in [4.69, 9.17) is 4.74 Å². The van der Waals surface area contributed by atoms with E-state index in [0.29, 0.717) is 13.1 Å². The van der Waals surface area contributed by atoms with E-state index in [1.807, 2.05) is 57.2 Å². The summed E-state index contributed by atoms with van der Waals surface area (Å²) < 4.78 is 5.54. The molecule has 0 spiro atoms. The second-order valence-electron chi connectivity index (χ2n) is 9.77. The number of rotatable bonds is 4. The molecule has 0 bridgehead atoms. The van der Waals surface area contributed by atoms with E-state index in [1.165, 1.54) is 0 Å². The number of carbonyl (C=O) groups is 2. The summed E-state index contributed by atoms with van der Waals surface area (Å²) >= 11 is 0. The van der Waals surface area contributed by atoms with Gasteiger partial charge in [-0.25, -0.2) is 4.79 Å². The zero-order valence-corrected chi connectivity index (χ0v) is 19.2. The lowest BCUT2D eigenvalue weighted by atomic mass is 9.97. The number of hydrogen-bond acceptors (Lipinski definition) is 4. The lowest BCUT2D eigenvalue weighted by Crippen LogP contribution is -2.53. The van der Waals surface area contributed by atoms with E-state index in [0.717, 1.165) is 30.6 Å². The van der Waals surface area contributed by atoms with E-state index in [2.05, 4.69) is 34.5 Å². The van der Waals surface area contributed by atoms with Crippen LogP contribution in [0.25, 0.3) is 0 Å². The van der Waals surface area contributed by atoms with Crippen LogP contribution in [0.15, 0.2) is 60.7 Å². The highest BCUT2D eigenvalue weighted by molar-refractivity contribution is 5.80. The van der Waals surface area contributed by atoms with Crippen LogP contribution in [0.2, 0.25) is 0 Å². The molecule has 6 heteroatoms. The van der Waals surface area contributed by atoms with Crippen molar-refractivity contribution in [3.05, 3.63) is 71.8 Å². The van der Waals surface area contributed by atoms with Crippen molar-refractivity contribution >= 4 is 12.0 Å². The van der Waals surface area contributed by atoms with Gasteiger partial charge in [0.25, 0.3) is 0 Å². The maximum absolute atomic E-state index is 13.3. The van der Waals surface area contributed by atoms with Crippen LogP contribution >= 0.6 is 0 Å². The lowest BCUT2D eigenvalue weighted by molar-refractivity contribution is -0.125. The number of nitrogens with one attached hydrogen (secondary N) is 1. The number of carbonyl (C=O) groups excluding carboxylic acids is 2. The minimum absolute atomic E-state index is 0.0703. The summed E-state index contributed by atoms with van der Waals surface area (Å²) in [4.78, 5) is 29.9. The first-order valence-corrected chi connectivity index (χ1v) is 11.4. The fraction of sp³-hybridized carbons (Fsp3) is 0.462. The van der Waals surface area contributed by atoms with Gasteiger partial charge in [0.1, 0.15) is 5.60 Å². The molecule has 170 valence electrons. The fourth-order valence-electron chi connectivity index (χ4n) is 4.64. The van der Waals surface area contributed by atoms with Crippen LogP contribution in [0, 0.1) is 5.92 Å². The van der Waals surface area contributed by atoms with Crippen LogP contribution in [0.1, 0.15) is 44.4 Å². The average molecular weight is 436 g/mol. The summed E-state index contributed by atoms with van der Waals surface area (Å²) in [7, 11) is 0. The smallest absolute Gasteiger partial charge is 0.410 e. The topological polar surface area (TPSA) is 61.9 Å². The van der Waals surface area contributed by atoms with Gasteiger partial charge in [-0.3, -0.25) is 9.69 Å². The Morgan fingerprint density at radius 1 is 0.938 bits per heavy atom. The SMILES string of the molecule is CC(C)(C)OC(=O)N1CCN2C[C@@H](C(=O)NC(c3ccccc3)c3ccccc3)C[C@H]2C1. The van der Waals surface area contributed by atoms with E-state index in [-0.39, 0.29) is 30.0 Å². The normalized spacial score (nSPS) is 21.3. The summed E-state index contributed by atoms with van der Waals surface area (Å²) in [5.41, 5.74) is 1.63. The van der Waals surface area contributed by atoms with Gasteiger partial charge in [0.2, 0.25) is 5.91 Å². The number of fused-ring (bicyclic) bond motifs is 1. The van der Waals surface area contributed by atoms with E-state index >= 15 is 0 Å². The number of hydrogen-bond donors (Lipinski definition) is 1. The van der Waals surface area contributed by atoms with Crippen molar-refractivity contribution in [3.8, 4) is 0 Å². The third-order valence-electron chi connectivity index (χ3n) is 6.19. The van der Waals surface area contributed by atoms with Crippen molar-refractivity contribution in [2.45, 2.75) is 44.9 Å². The third-order valence-corrected chi connectivity index (χ3v) is 6.19. The van der Waals surface area contributed by atoms with Gasteiger partial charge in [-0.1, -0.05) is 60.7 Å². The molecule has 2 fully saturated rings. The molecule has 2 atom stereocenters. The minimum atomic E-state index is -0.504. The van der Waals surface area contributed by atoms with E-state index < -0.39 is 5.60 Å². The molecule has 2 aromatic rings. The Labute approximate surface area is 190 Å². The minimum Gasteiger partial charge on any atom is -0.444 e. The molecule has 4 rings (SSSR count). The summed E-state index contributed by atoms with van der Waals surface area (Å²) in [6.45, 7) is 8.40. The predicted molar refractivity (Wildman–Crippen MR) is 124 cm³/mol. The first-order valence-electron chi connectivity index (χ1n) is 11.4. The Bertz CT molecular complexity index is 887. The monoisotopic (exact) mass is 435 g/mol. The molecular formula is C26H33N3O3. The van der Waals surface area contributed by atoms with Crippen LogP contribution < -0.4 is 5.32 Å². The highest BCUT2D eigenvalue weighted by Gasteiger charge is 2.41. The molecule has 2 saturated heterocycles. The Morgan fingerprint density at radius 3 is 2.09 bits per heavy atom. The van der Waals surface area contributed by atoms with Crippen LogP contribution in [0.3, 0.4) is 0 Å². The van der Waals surface area contributed by atoms with Gasteiger partial charge < -0.3 is 15.0 Å². The molecule has 2 aliphatic rings. The largest absolute Gasteiger partial charge is 0.444 e. The fourth-order valence-corrected chi connectivity index (χ4v) is 4.64. The summed E-state index contributed by atoms with van der Waals surface area (Å²) in [5, 5.41) is 3.30. The zero-order valence-electron chi connectivity index (χ0n) is 19.2. The van der Waals surface area contributed by atoms with Crippen molar-refractivity contribution in [3.63, 3.8) is 0 Å². The molecule has 2 heterocycles. The Hall–Kier alpha value is -2.86. The van der Waals surface area contributed by atoms with Gasteiger partial charge in [-0.15, -0.1) is 0 Å². The Kier molecular flexibility index (Phi) is 6.51. The van der Waals surface area contributed by atoms with Crippen molar-refractivity contribution in [1.82, 2.24) is 15.1 Å². The van der Waals surface area contributed by atoms with Gasteiger partial charge in [-0.2, -0.15) is 0 Å². The highest BCUT2D eigenvalue weighted by atomic mass is 16.6. The molecule has 2 aliphatic heterocycles. The quantitative estimate of drug-likeness (QED) is 0.793. The second-order valence-corrected chi connectivity index (χ2v) is 9.77. The molecule has 2 amide bonds. The third kappa shape index (κ3) is 5.30. The number of ether oxygens (including phenoxy) is 1. The second kappa shape index (κ2) is 9.33. The van der Waals surface area contributed by atoms with Crippen LogP contribution in [-0.4, -0.2) is 59.6 Å². The summed E-state index contributed by atoms with van der Waals surface area (Å²) in [5.74, 6) is -0.0190. The first-order chi connectivity index (χ1) is 15.3. The average Bonchev–Trinajstić information content (AvgIpc) is 3.21. The number of benzene rings is 2. The summed E-state index contributed by atoms with van der Waals surface area (Å²) in [6, 6.07) is 20.2. The van der Waals surface area contributed by atoms with Crippen molar-refractivity contribution < 1.29 is 14.3 Å². The lowest BCUT2D eigenvalue weighted by Gasteiger charge is -2.37. The number of nitrogens with zero attached hydrogens (tertiary/aromatic N) is 2. The molecule has 6 nitrogen and oxygen atoms in total. The maximum atomic E-state index is 13.3. The number of amides is 2. The van der Waals surface area contributed by atoms with E-state index in [9.17, 15) is 9.59 Å². The Morgan fingerprint density at radius 2 is 1.53 bits per heavy atom. The molecule has 32 heavy (non-hydrogen) atoms. The van der Waals surface area contributed by atoms with Crippen molar-refractivity contribution in [2.75, 3.05) is 26.2 Å². The molecule has 0 radical (unpaired) electrons. The van der Waals surface area contributed by atoms with E-state index in [1.54, 1.807) is 4.90 Å². The van der Waals surface area contributed by atoms with Gasteiger partial charge in [0.15, 0.2) is 0 Å². The molecule has 0 unspecified atom stereocenters. The highest BCUT2D eigenvalue weighted by Crippen LogP contribution is 2.29. The van der Waals surface area contributed by atoms with Crippen molar-refractivity contribution in [1.29, 1.82) is 0 Å². The molecule has 2 aromatic carbocycles. The zero-order chi connectivity index (χ0) is 22.7. The number of piperazine rings is 1. The standard InChI is InChI=1S/C26H33N3O3/c1-26(2,3)32-25(31)29-15-14-28-17-21(16-22(28)18-29)24(30)27-23(19-10-6-4-7-11-19)20-12-8-5-9-13-20/h4-13,21-23H,14-18H2,1-3H3,(H,27,30)/t21-,22-/m0/s1. The predicted octanol–water partition coefficient (Wildman–Crippen LogP) is 3.83. The van der Waals surface area contributed by atoms with Gasteiger partial charge in [0.05, 0.1) is 12.0 Å². The molecule has 1 N–H and O–H groups in total. The molecule has 0 aromatic heterocycles. The summed E-state index contributed by atoms with van der Waals surface area (Å²) in [6.07, 6.45) is 0.486.